The predicted molar refractivity (Wildman–Crippen MR) is 101 cm³/mol. The number of halogens is 3. The summed E-state index contributed by atoms with van der Waals surface area (Å²) in [7, 11) is 0. The van der Waals surface area contributed by atoms with Crippen molar-refractivity contribution in [2.45, 2.75) is 32.0 Å². The predicted octanol–water partition coefficient (Wildman–Crippen LogP) is 3.88. The number of fused-ring (bicyclic) bond motifs is 1. The van der Waals surface area contributed by atoms with E-state index in [0.29, 0.717) is 35.2 Å². The summed E-state index contributed by atoms with van der Waals surface area (Å²) in [5.74, 6) is -0.322. The summed E-state index contributed by atoms with van der Waals surface area (Å²) in [6, 6.07) is 9.03. The quantitative estimate of drug-likeness (QED) is 0.709. The molecule has 6 nitrogen and oxygen atoms in total. The molecule has 1 atom stereocenters. The van der Waals surface area contributed by atoms with Gasteiger partial charge in [0.1, 0.15) is 5.69 Å². The van der Waals surface area contributed by atoms with E-state index < -0.39 is 11.9 Å². The number of alkyl halides is 3. The van der Waals surface area contributed by atoms with Gasteiger partial charge in [-0.2, -0.15) is 23.5 Å². The SMILES string of the molecule is Cc1cnc(C(F)(F)F)cc1-n1cc2c(n1)CCC2NC(=O)c1cccc(C#N)c1. The highest BCUT2D eigenvalue weighted by Crippen LogP contribution is 2.33. The van der Waals surface area contributed by atoms with E-state index in [1.807, 2.05) is 6.07 Å². The van der Waals surface area contributed by atoms with E-state index in [4.69, 9.17) is 5.26 Å². The zero-order chi connectivity index (χ0) is 21.5. The molecule has 1 amide bonds. The van der Waals surface area contributed by atoms with Gasteiger partial charge in [-0.25, -0.2) is 4.68 Å². The monoisotopic (exact) mass is 411 g/mol. The summed E-state index contributed by atoms with van der Waals surface area (Å²) in [5.41, 5.74) is 2.11. The number of nitriles is 1. The number of hydrogen-bond donors (Lipinski definition) is 1. The molecule has 0 bridgehead atoms. The Labute approximate surface area is 170 Å². The van der Waals surface area contributed by atoms with Gasteiger partial charge in [0.25, 0.3) is 5.91 Å². The molecule has 0 spiro atoms. The van der Waals surface area contributed by atoms with Gasteiger partial charge in [-0.1, -0.05) is 6.07 Å². The van der Waals surface area contributed by atoms with Gasteiger partial charge in [0.05, 0.1) is 29.1 Å². The molecular formula is C21H16F3N5O. The van der Waals surface area contributed by atoms with Crippen LogP contribution in [0.3, 0.4) is 0 Å². The summed E-state index contributed by atoms with van der Waals surface area (Å²) in [5, 5.41) is 16.3. The number of pyridine rings is 1. The van der Waals surface area contributed by atoms with Crippen molar-refractivity contribution >= 4 is 5.91 Å². The summed E-state index contributed by atoms with van der Waals surface area (Å²) in [6.07, 6.45) is -0.478. The van der Waals surface area contributed by atoms with Crippen LogP contribution in [0.25, 0.3) is 5.69 Å². The minimum absolute atomic E-state index is 0.290. The van der Waals surface area contributed by atoms with Gasteiger partial charge in [-0.15, -0.1) is 0 Å². The van der Waals surface area contributed by atoms with Crippen molar-refractivity contribution in [3.05, 3.63) is 76.4 Å². The van der Waals surface area contributed by atoms with E-state index in [9.17, 15) is 18.0 Å². The van der Waals surface area contributed by atoms with E-state index in [1.165, 1.54) is 16.9 Å². The summed E-state index contributed by atoms with van der Waals surface area (Å²) < 4.78 is 40.5. The van der Waals surface area contributed by atoms with Crippen molar-refractivity contribution in [1.82, 2.24) is 20.1 Å². The van der Waals surface area contributed by atoms with Crippen molar-refractivity contribution in [3.8, 4) is 11.8 Å². The van der Waals surface area contributed by atoms with Gasteiger partial charge in [-0.05, 0) is 49.6 Å². The number of rotatable bonds is 3. The molecule has 2 heterocycles. The average molecular weight is 411 g/mol. The first-order valence-corrected chi connectivity index (χ1v) is 9.20. The second kappa shape index (κ2) is 7.30. The number of aryl methyl sites for hydroxylation is 2. The van der Waals surface area contributed by atoms with Crippen LogP contribution in [0.1, 0.15) is 50.9 Å². The number of carbonyl (C=O) groups is 1. The minimum Gasteiger partial charge on any atom is -0.345 e. The molecule has 0 radical (unpaired) electrons. The molecule has 0 saturated carbocycles. The Hall–Kier alpha value is -3.67. The van der Waals surface area contributed by atoms with Crippen LogP contribution in [-0.4, -0.2) is 20.7 Å². The fraction of sp³-hybridized carbons (Fsp3) is 0.238. The Morgan fingerprint density at radius 2 is 2.13 bits per heavy atom. The highest BCUT2D eigenvalue weighted by molar-refractivity contribution is 5.94. The molecule has 4 rings (SSSR count). The van der Waals surface area contributed by atoms with Crippen molar-refractivity contribution < 1.29 is 18.0 Å². The van der Waals surface area contributed by atoms with Gasteiger partial charge >= 0.3 is 6.18 Å². The molecule has 0 aliphatic heterocycles. The second-order valence-electron chi connectivity index (χ2n) is 7.09. The molecular weight excluding hydrogens is 395 g/mol. The Balaban J connectivity index is 1.60. The van der Waals surface area contributed by atoms with Gasteiger partial charge in [-0.3, -0.25) is 9.78 Å². The molecule has 2 aromatic heterocycles. The smallest absolute Gasteiger partial charge is 0.345 e. The molecule has 1 aliphatic rings. The lowest BCUT2D eigenvalue weighted by Gasteiger charge is -2.14. The van der Waals surface area contributed by atoms with Gasteiger partial charge in [0.2, 0.25) is 0 Å². The van der Waals surface area contributed by atoms with Crippen molar-refractivity contribution in [1.29, 1.82) is 5.26 Å². The Morgan fingerprint density at radius 1 is 1.33 bits per heavy atom. The van der Waals surface area contributed by atoms with Crippen LogP contribution in [-0.2, 0) is 12.6 Å². The average Bonchev–Trinajstić information content (AvgIpc) is 3.29. The summed E-state index contributed by atoms with van der Waals surface area (Å²) >= 11 is 0. The molecule has 1 unspecified atom stereocenters. The normalized spacial score (nSPS) is 15.5. The number of carbonyl (C=O) groups excluding carboxylic acids is 1. The number of aromatic nitrogens is 3. The zero-order valence-electron chi connectivity index (χ0n) is 15.9. The van der Waals surface area contributed by atoms with E-state index in [0.717, 1.165) is 17.3 Å². The zero-order valence-corrected chi connectivity index (χ0v) is 15.9. The molecule has 0 saturated heterocycles. The molecule has 1 N–H and O–H groups in total. The molecule has 30 heavy (non-hydrogen) atoms. The maximum absolute atomic E-state index is 13.0. The highest BCUT2D eigenvalue weighted by atomic mass is 19.4. The van der Waals surface area contributed by atoms with Gasteiger partial charge in [0, 0.05) is 23.5 Å². The molecule has 0 fully saturated rings. The van der Waals surface area contributed by atoms with Crippen molar-refractivity contribution in [3.63, 3.8) is 0 Å². The lowest BCUT2D eigenvalue weighted by Crippen LogP contribution is -2.27. The molecule has 9 heteroatoms. The van der Waals surface area contributed by atoms with Gasteiger partial charge in [0.15, 0.2) is 0 Å². The summed E-state index contributed by atoms with van der Waals surface area (Å²) in [4.78, 5) is 16.0. The Morgan fingerprint density at radius 3 is 2.87 bits per heavy atom. The largest absolute Gasteiger partial charge is 0.433 e. The first kappa shape index (κ1) is 19.6. The van der Waals surface area contributed by atoms with E-state index in [-0.39, 0.29) is 11.9 Å². The maximum Gasteiger partial charge on any atom is 0.433 e. The number of benzene rings is 1. The standard InChI is InChI=1S/C21H16F3N5O/c1-12-10-26-19(21(22,23)24)8-18(12)29-11-15-16(5-6-17(15)28-29)27-20(30)14-4-2-3-13(7-14)9-25/h2-4,7-8,10-11,16H,5-6H2,1H3,(H,27,30). The third-order valence-electron chi connectivity index (χ3n) is 5.04. The molecule has 3 aromatic rings. The maximum atomic E-state index is 13.0. The Kier molecular flexibility index (Phi) is 4.78. The van der Waals surface area contributed by atoms with E-state index in [2.05, 4.69) is 15.4 Å². The summed E-state index contributed by atoms with van der Waals surface area (Å²) in [6.45, 7) is 1.66. The third kappa shape index (κ3) is 3.64. The number of hydrogen-bond acceptors (Lipinski definition) is 4. The van der Waals surface area contributed by atoms with Crippen LogP contribution in [0.15, 0.2) is 42.7 Å². The van der Waals surface area contributed by atoms with Crippen LogP contribution >= 0.6 is 0 Å². The lowest BCUT2D eigenvalue weighted by molar-refractivity contribution is -0.141. The lowest BCUT2D eigenvalue weighted by atomic mass is 10.1. The van der Waals surface area contributed by atoms with Crippen LogP contribution in [0.5, 0.6) is 0 Å². The molecule has 152 valence electrons. The van der Waals surface area contributed by atoms with Gasteiger partial charge < -0.3 is 5.32 Å². The van der Waals surface area contributed by atoms with Crippen LogP contribution in [0, 0.1) is 18.3 Å². The topological polar surface area (TPSA) is 83.6 Å². The highest BCUT2D eigenvalue weighted by Gasteiger charge is 2.34. The molecule has 1 aromatic carbocycles. The van der Waals surface area contributed by atoms with E-state index >= 15 is 0 Å². The molecule has 1 aliphatic carbocycles. The van der Waals surface area contributed by atoms with E-state index in [1.54, 1.807) is 31.3 Å². The Bertz CT molecular complexity index is 1180. The van der Waals surface area contributed by atoms with Crippen LogP contribution < -0.4 is 5.32 Å². The van der Waals surface area contributed by atoms with Crippen molar-refractivity contribution in [2.75, 3.05) is 0 Å². The number of nitrogens with zero attached hydrogens (tertiary/aromatic N) is 4. The first-order chi connectivity index (χ1) is 14.3. The number of nitrogens with one attached hydrogen (secondary N) is 1. The third-order valence-corrected chi connectivity index (χ3v) is 5.04. The van der Waals surface area contributed by atoms with Crippen LogP contribution in [0.4, 0.5) is 13.2 Å². The fourth-order valence-electron chi connectivity index (χ4n) is 3.50. The fourth-order valence-corrected chi connectivity index (χ4v) is 3.50. The first-order valence-electron chi connectivity index (χ1n) is 9.20. The van der Waals surface area contributed by atoms with Crippen molar-refractivity contribution in [2.24, 2.45) is 0 Å². The minimum atomic E-state index is -4.55. The van der Waals surface area contributed by atoms with Crippen LogP contribution in [0.2, 0.25) is 0 Å². The second-order valence-corrected chi connectivity index (χ2v) is 7.09. The number of amides is 1.